The quantitative estimate of drug-likeness (QED) is 0.525. The van der Waals surface area contributed by atoms with Gasteiger partial charge in [0.15, 0.2) is 5.69 Å². The predicted molar refractivity (Wildman–Crippen MR) is 67.8 cm³/mol. The molecule has 0 bridgehead atoms. The van der Waals surface area contributed by atoms with Crippen LogP contribution in [0.5, 0.6) is 0 Å². The Morgan fingerprint density at radius 3 is 2.67 bits per heavy atom. The van der Waals surface area contributed by atoms with Crippen LogP contribution in [0.15, 0.2) is 11.3 Å². The lowest BCUT2D eigenvalue weighted by Crippen LogP contribution is -2.18. The minimum atomic E-state index is -4.79. The van der Waals surface area contributed by atoms with Crippen molar-refractivity contribution in [2.24, 2.45) is 11.0 Å². The highest BCUT2D eigenvalue weighted by atomic mass is 19.4. The van der Waals surface area contributed by atoms with E-state index in [1.807, 2.05) is 0 Å². The van der Waals surface area contributed by atoms with Gasteiger partial charge in [0.25, 0.3) is 0 Å². The number of methoxy groups -OCH3 is 1. The third kappa shape index (κ3) is 3.67. The summed E-state index contributed by atoms with van der Waals surface area (Å²) in [5.74, 6) is -1.10. The summed E-state index contributed by atoms with van der Waals surface area (Å²) >= 11 is 0. The van der Waals surface area contributed by atoms with Crippen molar-refractivity contribution in [1.82, 2.24) is 9.97 Å². The molecular formula is C12H13F3N4O2. The fourth-order valence-electron chi connectivity index (χ4n) is 1.64. The number of carbonyl (C=O) groups is 1. The normalized spacial score (nSPS) is 15.8. The van der Waals surface area contributed by atoms with Gasteiger partial charge >= 0.3 is 12.1 Å². The molecule has 1 aliphatic carbocycles. The number of rotatable bonds is 4. The van der Waals surface area contributed by atoms with Gasteiger partial charge in [-0.15, -0.1) is 0 Å². The lowest BCUT2D eigenvalue weighted by molar-refractivity contribution is -0.141. The van der Waals surface area contributed by atoms with Crippen LogP contribution in [0.3, 0.4) is 0 Å². The Bertz CT molecular complexity index is 582. The summed E-state index contributed by atoms with van der Waals surface area (Å²) in [4.78, 5) is 18.3. The lowest BCUT2D eigenvalue weighted by atomic mass is 10.2. The summed E-state index contributed by atoms with van der Waals surface area (Å²) in [6.45, 7) is 1.78. The second kappa shape index (κ2) is 5.66. The predicted octanol–water partition coefficient (Wildman–Crippen LogP) is 2.48. The zero-order chi connectivity index (χ0) is 15.6. The molecule has 114 valence electrons. The van der Waals surface area contributed by atoms with Crippen LogP contribution in [0.25, 0.3) is 0 Å². The molecule has 6 nitrogen and oxygen atoms in total. The third-order valence-corrected chi connectivity index (χ3v) is 2.96. The SMILES string of the molecule is COC(=O)c1cnc(NN=C(C)C2CC2)nc1C(F)(F)F. The molecule has 1 aromatic heterocycles. The zero-order valence-corrected chi connectivity index (χ0v) is 11.4. The zero-order valence-electron chi connectivity index (χ0n) is 11.4. The number of carbonyl (C=O) groups excluding carboxylic acids is 1. The number of hydrogen-bond acceptors (Lipinski definition) is 6. The van der Waals surface area contributed by atoms with Crippen molar-refractivity contribution in [2.45, 2.75) is 25.9 Å². The number of hydrazone groups is 1. The van der Waals surface area contributed by atoms with E-state index in [2.05, 4.69) is 25.2 Å². The molecule has 0 amide bonds. The first kappa shape index (κ1) is 15.2. The van der Waals surface area contributed by atoms with E-state index in [0.29, 0.717) is 5.92 Å². The number of ether oxygens (including phenoxy) is 1. The largest absolute Gasteiger partial charge is 0.465 e. The lowest BCUT2D eigenvalue weighted by Gasteiger charge is -2.11. The number of nitrogens with zero attached hydrogens (tertiary/aromatic N) is 3. The van der Waals surface area contributed by atoms with E-state index < -0.39 is 23.4 Å². The highest BCUT2D eigenvalue weighted by molar-refractivity contribution is 5.90. The third-order valence-electron chi connectivity index (χ3n) is 2.96. The number of anilines is 1. The van der Waals surface area contributed by atoms with Crippen LogP contribution >= 0.6 is 0 Å². The molecule has 1 heterocycles. The highest BCUT2D eigenvalue weighted by Gasteiger charge is 2.38. The van der Waals surface area contributed by atoms with Gasteiger partial charge < -0.3 is 4.74 Å². The Labute approximate surface area is 118 Å². The van der Waals surface area contributed by atoms with Gasteiger partial charge in [0.2, 0.25) is 5.95 Å². The molecule has 0 spiro atoms. The molecule has 0 aromatic carbocycles. The van der Waals surface area contributed by atoms with Gasteiger partial charge in [0.05, 0.1) is 7.11 Å². The maximum atomic E-state index is 12.9. The highest BCUT2D eigenvalue weighted by Crippen LogP contribution is 2.32. The molecule has 1 aromatic rings. The maximum Gasteiger partial charge on any atom is 0.434 e. The van der Waals surface area contributed by atoms with Gasteiger partial charge in [0.1, 0.15) is 5.56 Å². The molecule has 21 heavy (non-hydrogen) atoms. The molecule has 1 fully saturated rings. The van der Waals surface area contributed by atoms with E-state index in [1.54, 1.807) is 6.92 Å². The standard InChI is InChI=1S/C12H13F3N4O2/c1-6(7-3-4-7)18-19-11-16-5-8(10(20)21-2)9(17-11)12(13,14)15/h5,7H,3-4H2,1-2H3,(H,16,17,19). The number of halogens is 3. The van der Waals surface area contributed by atoms with Crippen LogP contribution in [0.1, 0.15) is 35.8 Å². The van der Waals surface area contributed by atoms with Crippen molar-refractivity contribution < 1.29 is 22.7 Å². The molecule has 0 atom stereocenters. The Morgan fingerprint density at radius 2 is 2.14 bits per heavy atom. The van der Waals surface area contributed by atoms with Gasteiger partial charge in [0, 0.05) is 11.9 Å². The van der Waals surface area contributed by atoms with Crippen LogP contribution < -0.4 is 5.43 Å². The summed E-state index contributed by atoms with van der Waals surface area (Å²) in [5.41, 5.74) is 1.06. The van der Waals surface area contributed by atoms with E-state index in [0.717, 1.165) is 31.9 Å². The van der Waals surface area contributed by atoms with Crippen LogP contribution in [0.2, 0.25) is 0 Å². The summed E-state index contributed by atoms with van der Waals surface area (Å²) in [7, 11) is 0.984. The molecule has 0 aliphatic heterocycles. The molecule has 9 heteroatoms. The Hall–Kier alpha value is -2.19. The number of esters is 1. The number of hydrogen-bond donors (Lipinski definition) is 1. The summed E-state index contributed by atoms with van der Waals surface area (Å²) in [5, 5.41) is 3.93. The second-order valence-corrected chi connectivity index (χ2v) is 4.58. The second-order valence-electron chi connectivity index (χ2n) is 4.58. The van der Waals surface area contributed by atoms with Crippen molar-refractivity contribution in [1.29, 1.82) is 0 Å². The van der Waals surface area contributed by atoms with Crippen LogP contribution in [-0.2, 0) is 10.9 Å². The first-order valence-electron chi connectivity index (χ1n) is 6.15. The Morgan fingerprint density at radius 1 is 1.48 bits per heavy atom. The topological polar surface area (TPSA) is 76.5 Å². The van der Waals surface area contributed by atoms with Gasteiger partial charge in [-0.3, -0.25) is 0 Å². The fraction of sp³-hybridized carbons (Fsp3) is 0.500. The van der Waals surface area contributed by atoms with Crippen molar-refractivity contribution in [3.8, 4) is 0 Å². The Balaban J connectivity index is 2.28. The molecule has 1 aliphatic rings. The maximum absolute atomic E-state index is 12.9. The Kier molecular flexibility index (Phi) is 4.10. The van der Waals surface area contributed by atoms with E-state index in [1.165, 1.54) is 0 Å². The average molecular weight is 302 g/mol. The summed E-state index contributed by atoms with van der Waals surface area (Å²) < 4.78 is 43.0. The molecular weight excluding hydrogens is 289 g/mol. The molecule has 0 radical (unpaired) electrons. The first-order valence-corrected chi connectivity index (χ1v) is 6.15. The monoisotopic (exact) mass is 302 g/mol. The van der Waals surface area contributed by atoms with Crippen molar-refractivity contribution in [3.63, 3.8) is 0 Å². The molecule has 2 rings (SSSR count). The molecule has 0 saturated heterocycles. The first-order chi connectivity index (χ1) is 9.82. The summed E-state index contributed by atoms with van der Waals surface area (Å²) in [6, 6.07) is 0. The van der Waals surface area contributed by atoms with Crippen molar-refractivity contribution in [2.75, 3.05) is 12.5 Å². The van der Waals surface area contributed by atoms with Crippen LogP contribution in [-0.4, -0.2) is 28.8 Å². The number of alkyl halides is 3. The fourth-order valence-corrected chi connectivity index (χ4v) is 1.64. The number of aromatic nitrogens is 2. The molecule has 0 unspecified atom stereocenters. The van der Waals surface area contributed by atoms with Crippen LogP contribution in [0.4, 0.5) is 19.1 Å². The van der Waals surface area contributed by atoms with E-state index in [4.69, 9.17) is 0 Å². The minimum absolute atomic E-state index is 0.324. The van der Waals surface area contributed by atoms with Gasteiger partial charge in [-0.25, -0.2) is 20.2 Å². The number of nitrogens with one attached hydrogen (secondary N) is 1. The van der Waals surface area contributed by atoms with E-state index >= 15 is 0 Å². The summed E-state index contributed by atoms with van der Waals surface area (Å²) in [6.07, 6.45) is -1.98. The van der Waals surface area contributed by atoms with Crippen LogP contribution in [0, 0.1) is 5.92 Å². The van der Waals surface area contributed by atoms with Gasteiger partial charge in [-0.2, -0.15) is 18.3 Å². The van der Waals surface area contributed by atoms with Crippen molar-refractivity contribution >= 4 is 17.6 Å². The van der Waals surface area contributed by atoms with Gasteiger partial charge in [-0.1, -0.05) is 0 Å². The molecule has 1 N–H and O–H groups in total. The van der Waals surface area contributed by atoms with E-state index in [-0.39, 0.29) is 5.95 Å². The smallest absolute Gasteiger partial charge is 0.434 e. The molecule has 1 saturated carbocycles. The van der Waals surface area contributed by atoms with Crippen molar-refractivity contribution in [3.05, 3.63) is 17.5 Å². The average Bonchev–Trinajstić information content (AvgIpc) is 3.27. The van der Waals surface area contributed by atoms with E-state index in [9.17, 15) is 18.0 Å². The van der Waals surface area contributed by atoms with Gasteiger partial charge in [-0.05, 0) is 25.7 Å². The minimum Gasteiger partial charge on any atom is -0.465 e.